The average Bonchev–Trinajstić information content (AvgIpc) is 3.38. The van der Waals surface area contributed by atoms with Crippen LogP contribution in [-0.2, 0) is 25.8 Å². The van der Waals surface area contributed by atoms with Gasteiger partial charge in [0.2, 0.25) is 12.4 Å². The Balaban J connectivity index is 1.78. The van der Waals surface area contributed by atoms with Crippen molar-refractivity contribution in [1.82, 2.24) is 25.3 Å². The van der Waals surface area contributed by atoms with Gasteiger partial charge in [0, 0.05) is 12.1 Å². The van der Waals surface area contributed by atoms with Crippen molar-refractivity contribution in [3.05, 3.63) is 65.9 Å². The van der Waals surface area contributed by atoms with E-state index in [-0.39, 0.29) is 41.6 Å². The minimum atomic E-state index is -4.71. The largest absolute Gasteiger partial charge is 0.435 e. The van der Waals surface area contributed by atoms with Gasteiger partial charge in [-0.15, -0.1) is 0 Å². The highest BCUT2D eigenvalue weighted by Gasteiger charge is 2.35. The normalized spacial score (nSPS) is 13.0. The number of alkyl halides is 3. The zero-order valence-corrected chi connectivity index (χ0v) is 22.5. The molecular weight excluding hydrogens is 567 g/mol. The molecule has 0 aliphatic carbocycles. The van der Waals surface area contributed by atoms with Crippen molar-refractivity contribution in [2.75, 3.05) is 6.54 Å². The summed E-state index contributed by atoms with van der Waals surface area (Å²) >= 11 is 0. The van der Waals surface area contributed by atoms with Crippen LogP contribution >= 0.6 is 0 Å². The number of sulfonamides is 1. The highest BCUT2D eigenvalue weighted by atomic mass is 32.2. The maximum absolute atomic E-state index is 13.5. The lowest BCUT2D eigenvalue weighted by atomic mass is 10.1. The number of nitrogens with two attached hydrogens (primary N) is 1. The highest BCUT2D eigenvalue weighted by molar-refractivity contribution is 7.90. The van der Waals surface area contributed by atoms with Crippen LogP contribution in [0.3, 0.4) is 0 Å². The highest BCUT2D eigenvalue weighted by Crippen LogP contribution is 2.33. The molecule has 0 spiro atoms. The van der Waals surface area contributed by atoms with Crippen LogP contribution in [0.4, 0.5) is 13.2 Å². The lowest BCUT2D eigenvalue weighted by molar-refractivity contribution is -0.141. The second-order valence-electron chi connectivity index (χ2n) is 8.87. The van der Waals surface area contributed by atoms with Gasteiger partial charge >= 0.3 is 6.18 Å². The first-order valence-corrected chi connectivity index (χ1v) is 13.6. The average molecular weight is 596 g/mol. The minimum absolute atomic E-state index is 0.0869. The summed E-state index contributed by atoms with van der Waals surface area (Å²) in [7, 11) is -4.40. The third kappa shape index (κ3) is 8.28. The summed E-state index contributed by atoms with van der Waals surface area (Å²) in [6.07, 6.45) is -3.56. The van der Waals surface area contributed by atoms with E-state index < -0.39 is 33.8 Å². The van der Waals surface area contributed by atoms with Crippen LogP contribution in [-0.4, -0.2) is 54.3 Å². The van der Waals surface area contributed by atoms with Gasteiger partial charge in [-0.1, -0.05) is 29.8 Å². The Morgan fingerprint density at radius 3 is 2.39 bits per heavy atom. The second kappa shape index (κ2) is 13.3. The van der Waals surface area contributed by atoms with Crippen LogP contribution in [0, 0.1) is 6.92 Å². The van der Waals surface area contributed by atoms with Gasteiger partial charge in [-0.05, 0) is 56.5 Å². The van der Waals surface area contributed by atoms with Gasteiger partial charge in [-0.25, -0.2) is 23.3 Å². The SMILES string of the molecule is Cc1ccc(-c2cc(C(F)(F)F)nn2-c2ccc(S(=O)(=O)NC(=O)[C@H](CCCCN=C(N)NO)NC=O)cc2)cc1. The molecule has 1 aromatic heterocycles. The Bertz CT molecular complexity index is 1490. The number of halogens is 3. The van der Waals surface area contributed by atoms with Crippen LogP contribution in [0.15, 0.2) is 64.5 Å². The van der Waals surface area contributed by atoms with Crippen molar-refractivity contribution in [3.8, 4) is 16.9 Å². The molecule has 41 heavy (non-hydrogen) atoms. The van der Waals surface area contributed by atoms with E-state index in [2.05, 4.69) is 15.4 Å². The fourth-order valence-corrected chi connectivity index (χ4v) is 4.76. The molecule has 0 bridgehead atoms. The Hall–Kier alpha value is -4.44. The maximum atomic E-state index is 13.5. The summed E-state index contributed by atoms with van der Waals surface area (Å²) < 4.78 is 69.0. The molecule has 0 saturated heterocycles. The maximum Gasteiger partial charge on any atom is 0.435 e. The molecule has 0 aliphatic heterocycles. The topological polar surface area (TPSA) is 181 Å². The number of rotatable bonds is 12. The van der Waals surface area contributed by atoms with Gasteiger partial charge in [0.1, 0.15) is 6.04 Å². The van der Waals surface area contributed by atoms with Crippen LogP contribution in [0.5, 0.6) is 0 Å². The zero-order valence-electron chi connectivity index (χ0n) is 21.7. The summed E-state index contributed by atoms with van der Waals surface area (Å²) in [6, 6.07) is 11.3. The molecule has 12 nitrogen and oxygen atoms in total. The van der Waals surface area contributed by atoms with Gasteiger partial charge in [0.25, 0.3) is 15.9 Å². The molecular formula is C25H28F3N7O5S. The molecule has 2 aromatic carbocycles. The third-order valence-electron chi connectivity index (χ3n) is 5.86. The first-order valence-electron chi connectivity index (χ1n) is 12.2. The zero-order chi connectivity index (χ0) is 30.2. The van der Waals surface area contributed by atoms with Gasteiger partial charge in [0.15, 0.2) is 5.69 Å². The molecule has 16 heteroatoms. The van der Waals surface area contributed by atoms with Crippen molar-refractivity contribution < 1.29 is 36.4 Å². The van der Waals surface area contributed by atoms with Crippen molar-refractivity contribution in [2.45, 2.75) is 43.3 Å². The van der Waals surface area contributed by atoms with E-state index in [1.54, 1.807) is 29.7 Å². The summed E-state index contributed by atoms with van der Waals surface area (Å²) in [5.41, 5.74) is 7.51. The first-order chi connectivity index (χ1) is 19.4. The number of nitrogens with one attached hydrogen (secondary N) is 3. The standard InChI is InChI=1S/C25H28F3N7O5S/c1-16-5-7-17(8-6-16)21-14-22(25(26,27)28)32-35(21)18-9-11-19(12-10-18)41(39,40)34-23(37)20(31-15-36)4-2-3-13-30-24(29)33-38/h5-12,14-15,20,38H,2-4,13H2,1H3,(H,31,36)(H,34,37)(H3,29,30,33)/t20-/m0/s1. The fraction of sp³-hybridized carbons (Fsp3) is 0.280. The number of aliphatic imine (C=N–C) groups is 1. The Labute approximate surface area is 233 Å². The molecule has 3 rings (SSSR count). The number of carbonyl (C=O) groups is 2. The number of carbonyl (C=O) groups excluding carboxylic acids is 2. The van der Waals surface area contributed by atoms with Crippen molar-refractivity contribution >= 4 is 28.3 Å². The predicted octanol–water partition coefficient (Wildman–Crippen LogP) is 2.25. The summed E-state index contributed by atoms with van der Waals surface area (Å²) in [4.78, 5) is 27.0. The van der Waals surface area contributed by atoms with E-state index in [9.17, 15) is 31.2 Å². The molecule has 6 N–H and O–H groups in total. The summed E-state index contributed by atoms with van der Waals surface area (Å²) in [5, 5.41) is 14.5. The number of guanidine groups is 1. The number of hydrogen-bond donors (Lipinski definition) is 5. The predicted molar refractivity (Wildman–Crippen MR) is 142 cm³/mol. The van der Waals surface area contributed by atoms with Crippen molar-refractivity contribution in [3.63, 3.8) is 0 Å². The number of hydroxylamine groups is 1. The Morgan fingerprint density at radius 1 is 1.15 bits per heavy atom. The molecule has 220 valence electrons. The molecule has 0 saturated carbocycles. The van der Waals surface area contributed by atoms with E-state index in [0.717, 1.165) is 28.4 Å². The van der Waals surface area contributed by atoms with Crippen LogP contribution in [0.25, 0.3) is 16.9 Å². The number of nitrogens with zero attached hydrogens (tertiary/aromatic N) is 3. The lowest BCUT2D eigenvalue weighted by Gasteiger charge is -2.16. The van der Waals surface area contributed by atoms with E-state index >= 15 is 0 Å². The molecule has 3 aromatic rings. The van der Waals surface area contributed by atoms with Gasteiger partial charge < -0.3 is 11.1 Å². The molecule has 0 radical (unpaired) electrons. The Morgan fingerprint density at radius 2 is 1.80 bits per heavy atom. The molecule has 1 heterocycles. The monoisotopic (exact) mass is 595 g/mol. The van der Waals surface area contributed by atoms with Crippen LogP contribution in [0.2, 0.25) is 0 Å². The molecule has 1 atom stereocenters. The van der Waals surface area contributed by atoms with E-state index in [1.807, 2.05) is 11.6 Å². The molecule has 2 amide bonds. The van der Waals surface area contributed by atoms with E-state index in [4.69, 9.17) is 10.9 Å². The minimum Gasteiger partial charge on any atom is -0.368 e. The van der Waals surface area contributed by atoms with Crippen LogP contribution in [0.1, 0.15) is 30.5 Å². The number of aryl methyl sites for hydroxylation is 1. The van der Waals surface area contributed by atoms with Gasteiger partial charge in [0.05, 0.1) is 16.3 Å². The first kappa shape index (κ1) is 31.1. The fourth-order valence-electron chi connectivity index (χ4n) is 3.74. The van der Waals surface area contributed by atoms with Gasteiger partial charge in [-0.2, -0.15) is 18.3 Å². The molecule has 0 aliphatic rings. The molecule has 0 unspecified atom stereocenters. The Kier molecular flexibility index (Phi) is 10.1. The number of benzene rings is 2. The second-order valence-corrected chi connectivity index (χ2v) is 10.5. The van der Waals surface area contributed by atoms with E-state index in [0.29, 0.717) is 18.4 Å². The van der Waals surface area contributed by atoms with Crippen LogP contribution < -0.4 is 21.3 Å². The van der Waals surface area contributed by atoms with Gasteiger partial charge in [-0.3, -0.25) is 19.8 Å². The summed E-state index contributed by atoms with van der Waals surface area (Å²) in [5.74, 6) is -1.17. The quantitative estimate of drug-likeness (QED) is 0.0695. The molecule has 0 fully saturated rings. The lowest BCUT2D eigenvalue weighted by Crippen LogP contribution is -2.45. The number of aromatic nitrogens is 2. The van der Waals surface area contributed by atoms with Crippen molar-refractivity contribution in [1.29, 1.82) is 0 Å². The smallest absolute Gasteiger partial charge is 0.368 e. The number of amides is 2. The summed E-state index contributed by atoms with van der Waals surface area (Å²) in [6.45, 7) is 2.05. The number of hydrogen-bond acceptors (Lipinski definition) is 7. The third-order valence-corrected chi connectivity index (χ3v) is 7.22. The number of unbranched alkanes of at least 4 members (excludes halogenated alkanes) is 1. The van der Waals surface area contributed by atoms with E-state index in [1.165, 1.54) is 12.1 Å². The van der Waals surface area contributed by atoms with Crippen molar-refractivity contribution in [2.24, 2.45) is 10.7 Å².